The summed E-state index contributed by atoms with van der Waals surface area (Å²) in [5, 5.41) is 0.0422. The van der Waals surface area contributed by atoms with E-state index in [9.17, 15) is 8.78 Å². The van der Waals surface area contributed by atoms with E-state index >= 15 is 0 Å². The Balaban J connectivity index is 2.41. The van der Waals surface area contributed by atoms with Gasteiger partial charge in [-0.2, -0.15) is 9.37 Å². The molecule has 0 aliphatic carbocycles. The largest absolute Gasteiger partial charge is 0.467 e. The van der Waals surface area contributed by atoms with Crippen molar-refractivity contribution in [2.24, 2.45) is 0 Å². The lowest BCUT2D eigenvalue weighted by molar-refractivity contribution is 0.359. The summed E-state index contributed by atoms with van der Waals surface area (Å²) in [5.41, 5.74) is 0. The van der Waals surface area contributed by atoms with Crippen molar-refractivity contribution in [3.05, 3.63) is 39.5 Å². The topological polar surface area (TPSA) is 44.2 Å². The molecule has 100 valence electrons. The van der Waals surface area contributed by atoms with Gasteiger partial charge in [-0.1, -0.05) is 27.5 Å². The first-order valence-electron chi connectivity index (χ1n) is 4.90. The van der Waals surface area contributed by atoms with Crippen LogP contribution >= 0.6 is 27.5 Å². The molecule has 0 aliphatic heterocycles. The van der Waals surface area contributed by atoms with Gasteiger partial charge in [0.1, 0.15) is 5.02 Å². The number of halogens is 4. The standard InChI is InChI=1S/C11H6BrClF2N2O2/c1-18-11-16-4-6(13)10(17-11)19-8-3-5(12)2-7(14)9(8)15/h2-4H,1H3. The predicted octanol–water partition coefficient (Wildman–Crippen LogP) is 3.97. The fourth-order valence-electron chi connectivity index (χ4n) is 1.22. The van der Waals surface area contributed by atoms with Crippen molar-refractivity contribution in [3.63, 3.8) is 0 Å². The average molecular weight is 352 g/mol. The van der Waals surface area contributed by atoms with Gasteiger partial charge in [0.25, 0.3) is 0 Å². The van der Waals surface area contributed by atoms with Gasteiger partial charge < -0.3 is 9.47 Å². The van der Waals surface area contributed by atoms with Crippen LogP contribution in [0.1, 0.15) is 0 Å². The van der Waals surface area contributed by atoms with E-state index in [1.807, 2.05) is 0 Å². The second-order valence-corrected chi connectivity index (χ2v) is 4.63. The molecule has 1 heterocycles. The molecule has 0 fully saturated rings. The molecular weight excluding hydrogens is 345 g/mol. The van der Waals surface area contributed by atoms with E-state index in [0.717, 1.165) is 6.07 Å². The van der Waals surface area contributed by atoms with Crippen LogP contribution in [0, 0.1) is 11.6 Å². The van der Waals surface area contributed by atoms with E-state index in [1.54, 1.807) is 0 Å². The predicted molar refractivity (Wildman–Crippen MR) is 67.7 cm³/mol. The third kappa shape index (κ3) is 3.10. The third-order valence-corrected chi connectivity index (χ3v) is 2.76. The van der Waals surface area contributed by atoms with Crippen LogP contribution in [0.3, 0.4) is 0 Å². The molecule has 2 aromatic rings. The van der Waals surface area contributed by atoms with E-state index in [-0.39, 0.29) is 22.7 Å². The summed E-state index contributed by atoms with van der Waals surface area (Å²) in [7, 11) is 1.35. The Hall–Kier alpha value is -1.47. The van der Waals surface area contributed by atoms with Crippen molar-refractivity contribution in [1.29, 1.82) is 0 Å². The Kier molecular flexibility index (Phi) is 4.16. The zero-order chi connectivity index (χ0) is 14.0. The maximum absolute atomic E-state index is 13.5. The van der Waals surface area contributed by atoms with E-state index in [1.165, 1.54) is 19.4 Å². The molecule has 1 aromatic carbocycles. The van der Waals surface area contributed by atoms with Crippen molar-refractivity contribution in [1.82, 2.24) is 9.97 Å². The summed E-state index contributed by atoms with van der Waals surface area (Å²) < 4.78 is 37.0. The number of hydrogen-bond donors (Lipinski definition) is 0. The average Bonchev–Trinajstić information content (AvgIpc) is 2.38. The van der Waals surface area contributed by atoms with Gasteiger partial charge >= 0.3 is 6.01 Å². The number of rotatable bonds is 3. The highest BCUT2D eigenvalue weighted by molar-refractivity contribution is 9.10. The molecule has 0 saturated heterocycles. The lowest BCUT2D eigenvalue weighted by Gasteiger charge is -2.09. The monoisotopic (exact) mass is 350 g/mol. The van der Waals surface area contributed by atoms with Gasteiger partial charge in [-0.25, -0.2) is 9.37 Å². The summed E-state index contributed by atoms with van der Waals surface area (Å²) in [5.74, 6) is -2.68. The highest BCUT2D eigenvalue weighted by atomic mass is 79.9. The van der Waals surface area contributed by atoms with E-state index in [0.29, 0.717) is 4.47 Å². The summed E-state index contributed by atoms with van der Waals surface area (Å²) in [6, 6.07) is 2.23. The Morgan fingerprint density at radius 2 is 2.05 bits per heavy atom. The van der Waals surface area contributed by atoms with Gasteiger partial charge in [-0.3, -0.25) is 0 Å². The Morgan fingerprint density at radius 3 is 2.74 bits per heavy atom. The first kappa shape index (κ1) is 14.0. The summed E-state index contributed by atoms with van der Waals surface area (Å²) >= 11 is 8.83. The minimum atomic E-state index is -1.14. The smallest absolute Gasteiger partial charge is 0.319 e. The number of ether oxygens (including phenoxy) is 2. The van der Waals surface area contributed by atoms with Gasteiger partial charge in [-0.05, 0) is 12.1 Å². The van der Waals surface area contributed by atoms with Gasteiger partial charge in [0.05, 0.1) is 13.3 Å². The Morgan fingerprint density at radius 1 is 1.32 bits per heavy atom. The SMILES string of the molecule is COc1ncc(Cl)c(Oc2cc(Br)cc(F)c2F)n1. The molecule has 0 radical (unpaired) electrons. The molecule has 0 saturated carbocycles. The normalized spacial score (nSPS) is 10.4. The van der Waals surface area contributed by atoms with Crippen LogP contribution in [0.2, 0.25) is 5.02 Å². The number of methoxy groups -OCH3 is 1. The zero-order valence-corrected chi connectivity index (χ0v) is 11.8. The summed E-state index contributed by atoms with van der Waals surface area (Å²) in [6.45, 7) is 0. The van der Waals surface area contributed by atoms with Crippen LogP contribution < -0.4 is 9.47 Å². The number of hydrogen-bond acceptors (Lipinski definition) is 4. The lowest BCUT2D eigenvalue weighted by Crippen LogP contribution is -1.98. The molecule has 0 bridgehead atoms. The van der Waals surface area contributed by atoms with Gasteiger partial charge in [-0.15, -0.1) is 0 Å². The minimum absolute atomic E-state index is 0.00437. The van der Waals surface area contributed by atoms with Gasteiger partial charge in [0, 0.05) is 4.47 Å². The molecule has 0 spiro atoms. The first-order chi connectivity index (χ1) is 9.01. The minimum Gasteiger partial charge on any atom is -0.467 e. The molecule has 0 amide bonds. The second-order valence-electron chi connectivity index (χ2n) is 3.31. The van der Waals surface area contributed by atoms with Crippen LogP contribution in [-0.2, 0) is 0 Å². The highest BCUT2D eigenvalue weighted by Crippen LogP contribution is 2.32. The first-order valence-corrected chi connectivity index (χ1v) is 6.07. The molecule has 19 heavy (non-hydrogen) atoms. The molecule has 0 atom stereocenters. The number of nitrogens with zero attached hydrogens (tertiary/aromatic N) is 2. The molecule has 0 aliphatic rings. The van der Waals surface area contributed by atoms with Crippen LogP contribution in [0.4, 0.5) is 8.78 Å². The maximum atomic E-state index is 13.5. The fraction of sp³-hybridized carbons (Fsp3) is 0.0909. The number of benzene rings is 1. The van der Waals surface area contributed by atoms with Gasteiger partial charge in [0.2, 0.25) is 11.7 Å². The van der Waals surface area contributed by atoms with Crippen molar-refractivity contribution in [3.8, 4) is 17.6 Å². The number of aromatic nitrogens is 2. The van der Waals surface area contributed by atoms with E-state index in [2.05, 4.69) is 25.9 Å². The van der Waals surface area contributed by atoms with Crippen molar-refractivity contribution >= 4 is 27.5 Å². The van der Waals surface area contributed by atoms with Crippen LogP contribution in [0.5, 0.6) is 17.6 Å². The van der Waals surface area contributed by atoms with E-state index < -0.39 is 11.6 Å². The second kappa shape index (κ2) is 5.66. The molecular formula is C11H6BrClF2N2O2. The lowest BCUT2D eigenvalue weighted by atomic mass is 10.3. The third-order valence-electron chi connectivity index (χ3n) is 2.04. The van der Waals surface area contributed by atoms with Crippen LogP contribution in [0.25, 0.3) is 0 Å². The molecule has 2 rings (SSSR count). The zero-order valence-electron chi connectivity index (χ0n) is 9.45. The van der Waals surface area contributed by atoms with Crippen LogP contribution in [0.15, 0.2) is 22.8 Å². The van der Waals surface area contributed by atoms with Crippen molar-refractivity contribution in [2.75, 3.05) is 7.11 Å². The van der Waals surface area contributed by atoms with E-state index in [4.69, 9.17) is 21.1 Å². The maximum Gasteiger partial charge on any atom is 0.319 e. The van der Waals surface area contributed by atoms with Gasteiger partial charge in [0.15, 0.2) is 11.6 Å². The van der Waals surface area contributed by atoms with Crippen molar-refractivity contribution < 1.29 is 18.3 Å². The molecule has 1 aromatic heterocycles. The Labute approximate surface area is 120 Å². The Bertz CT molecular complexity index is 628. The highest BCUT2D eigenvalue weighted by Gasteiger charge is 2.15. The quantitative estimate of drug-likeness (QED) is 0.785. The molecule has 8 heteroatoms. The molecule has 0 unspecified atom stereocenters. The summed E-state index contributed by atoms with van der Waals surface area (Å²) in [6.07, 6.45) is 1.23. The van der Waals surface area contributed by atoms with Crippen LogP contribution in [-0.4, -0.2) is 17.1 Å². The molecule has 0 N–H and O–H groups in total. The fourth-order valence-corrected chi connectivity index (χ4v) is 1.76. The summed E-state index contributed by atoms with van der Waals surface area (Å²) in [4.78, 5) is 7.53. The molecule has 4 nitrogen and oxygen atoms in total. The van der Waals surface area contributed by atoms with Crippen molar-refractivity contribution in [2.45, 2.75) is 0 Å².